The molecule has 136 valence electrons. The molecule has 0 saturated carbocycles. The van der Waals surface area contributed by atoms with E-state index in [1.807, 2.05) is 43.3 Å². The normalized spacial score (nSPS) is 19.8. The summed E-state index contributed by atoms with van der Waals surface area (Å²) in [5, 5.41) is 14.8. The van der Waals surface area contributed by atoms with Crippen LogP contribution in [0.1, 0.15) is 12.1 Å². The quantitative estimate of drug-likeness (QED) is 0.846. The van der Waals surface area contributed by atoms with Gasteiger partial charge in [0, 0.05) is 19.6 Å². The fourth-order valence-electron chi connectivity index (χ4n) is 3.12. The number of rotatable bonds is 5. The highest BCUT2D eigenvalue weighted by Crippen LogP contribution is 2.28. The summed E-state index contributed by atoms with van der Waals surface area (Å²) in [5.41, 5.74) is 1.59. The summed E-state index contributed by atoms with van der Waals surface area (Å²) in [6.45, 7) is 5.14. The molecule has 1 atom stereocenters. The second-order valence-electron chi connectivity index (χ2n) is 6.79. The van der Waals surface area contributed by atoms with Crippen molar-refractivity contribution in [3.8, 4) is 5.75 Å². The molecule has 1 aromatic carbocycles. The van der Waals surface area contributed by atoms with Crippen LogP contribution in [0.3, 0.4) is 0 Å². The summed E-state index contributed by atoms with van der Waals surface area (Å²) in [6.07, 6.45) is 1.22. The van der Waals surface area contributed by atoms with E-state index >= 15 is 0 Å². The first-order valence-electron chi connectivity index (χ1n) is 9.03. The number of carbonyl (C=O) groups excluding carboxylic acids is 1. The van der Waals surface area contributed by atoms with Gasteiger partial charge in [-0.25, -0.2) is 0 Å². The van der Waals surface area contributed by atoms with E-state index in [1.165, 1.54) is 0 Å². The molecular formula is C19H23N5O2. The number of nitrogens with one attached hydrogen (secondary N) is 2. The fraction of sp³-hybridized carbons (Fsp3) is 0.421. The van der Waals surface area contributed by atoms with Gasteiger partial charge in [-0.1, -0.05) is 0 Å². The van der Waals surface area contributed by atoms with Crippen molar-refractivity contribution in [2.75, 3.05) is 31.1 Å². The van der Waals surface area contributed by atoms with Crippen LogP contribution in [0.25, 0.3) is 0 Å². The standard InChI is InChI=1S/C19H23N5O2/c1-13-2-7-18(23-22-13)24(19(25)14-10-21-11-14)15-3-5-16(6-4-15)26-17-8-9-20-12-17/h2-7,14,17,20-21H,8-12H2,1H3/t17-/m1/s1. The lowest BCUT2D eigenvalue weighted by molar-refractivity contribution is -0.123. The largest absolute Gasteiger partial charge is 0.489 e. The van der Waals surface area contributed by atoms with Crippen LogP contribution >= 0.6 is 0 Å². The van der Waals surface area contributed by atoms with Gasteiger partial charge in [-0.2, -0.15) is 5.10 Å². The molecule has 2 fully saturated rings. The third kappa shape index (κ3) is 3.54. The van der Waals surface area contributed by atoms with E-state index < -0.39 is 0 Å². The Kier molecular flexibility index (Phi) is 4.81. The van der Waals surface area contributed by atoms with Gasteiger partial charge in [0.15, 0.2) is 5.82 Å². The molecule has 2 N–H and O–H groups in total. The summed E-state index contributed by atoms with van der Waals surface area (Å²) < 4.78 is 5.97. The minimum absolute atomic E-state index is 0.0291. The van der Waals surface area contributed by atoms with Crippen LogP contribution < -0.4 is 20.3 Å². The Morgan fingerprint density at radius 1 is 1.08 bits per heavy atom. The molecule has 2 saturated heterocycles. The number of anilines is 2. The summed E-state index contributed by atoms with van der Waals surface area (Å²) in [5.74, 6) is 1.37. The molecule has 3 heterocycles. The van der Waals surface area contributed by atoms with Gasteiger partial charge < -0.3 is 15.4 Å². The van der Waals surface area contributed by atoms with Crippen molar-refractivity contribution in [3.05, 3.63) is 42.1 Å². The lowest BCUT2D eigenvalue weighted by Gasteiger charge is -2.31. The van der Waals surface area contributed by atoms with Gasteiger partial charge in [-0.15, -0.1) is 5.10 Å². The number of aryl methyl sites for hydroxylation is 1. The lowest BCUT2D eigenvalue weighted by Crippen LogP contribution is -2.51. The third-order valence-corrected chi connectivity index (χ3v) is 4.78. The van der Waals surface area contributed by atoms with Crippen LogP contribution in [0.4, 0.5) is 11.5 Å². The maximum Gasteiger partial charge on any atom is 0.238 e. The van der Waals surface area contributed by atoms with Crippen molar-refractivity contribution < 1.29 is 9.53 Å². The van der Waals surface area contributed by atoms with Gasteiger partial charge in [0.05, 0.1) is 17.3 Å². The van der Waals surface area contributed by atoms with Gasteiger partial charge in [0.2, 0.25) is 5.91 Å². The van der Waals surface area contributed by atoms with Crippen molar-refractivity contribution >= 4 is 17.4 Å². The molecule has 1 amide bonds. The van der Waals surface area contributed by atoms with Crippen molar-refractivity contribution in [1.29, 1.82) is 0 Å². The zero-order chi connectivity index (χ0) is 17.9. The van der Waals surface area contributed by atoms with Gasteiger partial charge in [-0.05, 0) is 56.3 Å². The van der Waals surface area contributed by atoms with Crippen molar-refractivity contribution in [3.63, 3.8) is 0 Å². The second kappa shape index (κ2) is 7.39. The highest BCUT2D eigenvalue weighted by Gasteiger charge is 2.32. The SMILES string of the molecule is Cc1ccc(N(C(=O)C2CNC2)c2ccc(O[C@@H]3CCNC3)cc2)nn1. The van der Waals surface area contributed by atoms with E-state index in [2.05, 4.69) is 20.8 Å². The zero-order valence-corrected chi connectivity index (χ0v) is 14.8. The molecule has 0 unspecified atom stereocenters. The van der Waals surface area contributed by atoms with Gasteiger partial charge in [0.1, 0.15) is 11.9 Å². The highest BCUT2D eigenvalue weighted by molar-refractivity contribution is 6.01. The van der Waals surface area contributed by atoms with Crippen LogP contribution in [-0.2, 0) is 4.79 Å². The summed E-state index contributed by atoms with van der Waals surface area (Å²) >= 11 is 0. The Hall–Kier alpha value is -2.51. The topological polar surface area (TPSA) is 79.4 Å². The molecule has 0 aliphatic carbocycles. The number of aromatic nitrogens is 2. The zero-order valence-electron chi connectivity index (χ0n) is 14.8. The summed E-state index contributed by atoms with van der Waals surface area (Å²) in [7, 11) is 0. The number of benzene rings is 1. The maximum atomic E-state index is 13.0. The number of nitrogens with zero attached hydrogens (tertiary/aromatic N) is 3. The van der Waals surface area contributed by atoms with E-state index in [4.69, 9.17) is 4.74 Å². The van der Waals surface area contributed by atoms with Crippen LogP contribution in [0.15, 0.2) is 36.4 Å². The Morgan fingerprint density at radius 2 is 1.88 bits per heavy atom. The molecule has 2 aliphatic rings. The van der Waals surface area contributed by atoms with Gasteiger partial charge in [-0.3, -0.25) is 9.69 Å². The number of carbonyl (C=O) groups is 1. The number of hydrogen-bond acceptors (Lipinski definition) is 6. The third-order valence-electron chi connectivity index (χ3n) is 4.78. The number of amides is 1. The Bertz CT molecular complexity index is 753. The molecule has 0 bridgehead atoms. The molecule has 1 aromatic heterocycles. The Labute approximate surface area is 152 Å². The Morgan fingerprint density at radius 3 is 2.46 bits per heavy atom. The minimum Gasteiger partial charge on any atom is -0.489 e. The van der Waals surface area contributed by atoms with E-state index in [0.717, 1.165) is 36.6 Å². The highest BCUT2D eigenvalue weighted by atomic mass is 16.5. The molecule has 2 aliphatic heterocycles. The molecule has 0 radical (unpaired) electrons. The van der Waals surface area contributed by atoms with Crippen LogP contribution in [0, 0.1) is 12.8 Å². The molecule has 7 heteroatoms. The first-order valence-corrected chi connectivity index (χ1v) is 9.03. The van der Waals surface area contributed by atoms with E-state index in [9.17, 15) is 4.79 Å². The first kappa shape index (κ1) is 16.9. The molecule has 4 rings (SSSR count). The smallest absolute Gasteiger partial charge is 0.238 e. The van der Waals surface area contributed by atoms with Crippen LogP contribution in [0.5, 0.6) is 5.75 Å². The molecule has 0 spiro atoms. The van der Waals surface area contributed by atoms with E-state index in [-0.39, 0.29) is 17.9 Å². The average molecular weight is 353 g/mol. The van der Waals surface area contributed by atoms with Crippen molar-refractivity contribution in [2.24, 2.45) is 5.92 Å². The number of hydrogen-bond donors (Lipinski definition) is 2. The van der Waals surface area contributed by atoms with Crippen LogP contribution in [-0.4, -0.2) is 48.4 Å². The molecule has 26 heavy (non-hydrogen) atoms. The number of ether oxygens (including phenoxy) is 1. The summed E-state index contributed by atoms with van der Waals surface area (Å²) in [4.78, 5) is 14.6. The second-order valence-corrected chi connectivity index (χ2v) is 6.79. The molecule has 2 aromatic rings. The average Bonchev–Trinajstić information content (AvgIpc) is 3.10. The molecular weight excluding hydrogens is 330 g/mol. The fourth-order valence-corrected chi connectivity index (χ4v) is 3.12. The molecule has 7 nitrogen and oxygen atoms in total. The van der Waals surface area contributed by atoms with E-state index in [1.54, 1.807) is 4.90 Å². The Balaban J connectivity index is 1.58. The predicted molar refractivity (Wildman–Crippen MR) is 98.6 cm³/mol. The van der Waals surface area contributed by atoms with Crippen LogP contribution in [0.2, 0.25) is 0 Å². The van der Waals surface area contributed by atoms with E-state index in [0.29, 0.717) is 18.9 Å². The van der Waals surface area contributed by atoms with Gasteiger partial charge >= 0.3 is 0 Å². The lowest BCUT2D eigenvalue weighted by atomic mass is 10.0. The predicted octanol–water partition coefficient (Wildman–Crippen LogP) is 1.41. The van der Waals surface area contributed by atoms with Crippen molar-refractivity contribution in [2.45, 2.75) is 19.4 Å². The first-order chi connectivity index (χ1) is 12.7. The maximum absolute atomic E-state index is 13.0. The van der Waals surface area contributed by atoms with Gasteiger partial charge in [0.25, 0.3) is 0 Å². The summed E-state index contributed by atoms with van der Waals surface area (Å²) in [6, 6.07) is 11.3. The monoisotopic (exact) mass is 353 g/mol. The minimum atomic E-state index is -0.0291. The van der Waals surface area contributed by atoms with Crippen molar-refractivity contribution in [1.82, 2.24) is 20.8 Å².